The molecule has 1 aromatic carbocycles. The number of rotatable bonds is 4. The Balaban J connectivity index is 0.00000200. The lowest BCUT2D eigenvalue weighted by atomic mass is 10.00. The molecule has 0 bridgehead atoms. The second kappa shape index (κ2) is 9.15. The van der Waals surface area contributed by atoms with Crippen LogP contribution in [0.15, 0.2) is 18.2 Å². The molecule has 1 fully saturated rings. The molecule has 2 rings (SSSR count). The number of nitrogens with one attached hydrogen (secondary N) is 1. The van der Waals surface area contributed by atoms with Gasteiger partial charge in [0.1, 0.15) is 5.82 Å². The van der Waals surface area contributed by atoms with Gasteiger partial charge in [-0.05, 0) is 18.6 Å². The fourth-order valence-corrected chi connectivity index (χ4v) is 2.63. The smallest absolute Gasteiger partial charge is 0.277 e. The highest BCUT2D eigenvalue weighted by Gasteiger charge is 2.27. The predicted octanol–water partition coefficient (Wildman–Crippen LogP) is 2.93. The summed E-state index contributed by atoms with van der Waals surface area (Å²) < 4.78 is 13.2. The zero-order valence-corrected chi connectivity index (χ0v) is 13.4. The van der Waals surface area contributed by atoms with E-state index in [0.29, 0.717) is 5.56 Å². The highest BCUT2D eigenvalue weighted by Crippen LogP contribution is 2.32. The van der Waals surface area contributed by atoms with Gasteiger partial charge in [-0.15, -0.1) is 24.8 Å². The average Bonchev–Trinajstić information content (AvgIpc) is 2.42. The van der Waals surface area contributed by atoms with Crippen LogP contribution < -0.4 is 5.32 Å². The second-order valence-corrected chi connectivity index (χ2v) is 4.67. The van der Waals surface area contributed by atoms with Crippen LogP contribution in [0.3, 0.4) is 0 Å². The van der Waals surface area contributed by atoms with Crippen molar-refractivity contribution in [1.82, 2.24) is 10.2 Å². The van der Waals surface area contributed by atoms with E-state index in [1.165, 1.54) is 6.07 Å². The Kier molecular flexibility index (Phi) is 8.73. The van der Waals surface area contributed by atoms with Crippen LogP contribution in [-0.4, -0.2) is 36.0 Å². The summed E-state index contributed by atoms with van der Waals surface area (Å²) in [6.45, 7) is 5.47. The van der Waals surface area contributed by atoms with Crippen LogP contribution in [-0.2, 0) is 0 Å². The second-order valence-electron chi connectivity index (χ2n) is 4.67. The average molecular weight is 340 g/mol. The summed E-state index contributed by atoms with van der Waals surface area (Å²) in [6, 6.07) is 3.83. The zero-order chi connectivity index (χ0) is 13.8. The van der Waals surface area contributed by atoms with Gasteiger partial charge in [-0.3, -0.25) is 15.0 Å². The quantitative estimate of drug-likeness (QED) is 0.676. The molecule has 1 heterocycles. The minimum Gasteiger partial charge on any atom is -0.314 e. The maximum Gasteiger partial charge on any atom is 0.277 e. The summed E-state index contributed by atoms with van der Waals surface area (Å²) in [7, 11) is 0. The maximum absolute atomic E-state index is 13.2. The summed E-state index contributed by atoms with van der Waals surface area (Å²) >= 11 is 0. The number of halogens is 3. The van der Waals surface area contributed by atoms with E-state index in [9.17, 15) is 14.5 Å². The molecule has 0 amide bonds. The van der Waals surface area contributed by atoms with E-state index in [0.717, 1.165) is 38.7 Å². The molecular formula is C13H20Cl2FN3O2. The van der Waals surface area contributed by atoms with Gasteiger partial charge in [-0.25, -0.2) is 4.39 Å². The minimum absolute atomic E-state index is 0. The van der Waals surface area contributed by atoms with Crippen LogP contribution in [0.2, 0.25) is 0 Å². The number of hydrogen-bond acceptors (Lipinski definition) is 4. The first-order valence-corrected chi connectivity index (χ1v) is 6.52. The lowest BCUT2D eigenvalue weighted by molar-refractivity contribution is -0.386. The van der Waals surface area contributed by atoms with Gasteiger partial charge in [0.05, 0.1) is 11.0 Å². The minimum atomic E-state index is -0.564. The van der Waals surface area contributed by atoms with Crippen LogP contribution >= 0.6 is 24.8 Å². The highest BCUT2D eigenvalue weighted by molar-refractivity contribution is 5.85. The van der Waals surface area contributed by atoms with Gasteiger partial charge in [0.2, 0.25) is 0 Å². The van der Waals surface area contributed by atoms with Crippen LogP contribution in [0.5, 0.6) is 0 Å². The van der Waals surface area contributed by atoms with E-state index >= 15 is 0 Å². The molecule has 0 aliphatic carbocycles. The Bertz CT molecular complexity index is 471. The van der Waals surface area contributed by atoms with E-state index in [1.807, 2.05) is 6.92 Å². The molecule has 0 radical (unpaired) electrons. The third-order valence-electron chi connectivity index (χ3n) is 3.53. The molecule has 5 nitrogen and oxygen atoms in total. The standard InChI is InChI=1S/C13H18FN3O2.2ClH/c1-2-12(16-7-5-15-6-8-16)11-4-3-10(14)9-13(11)17(18)19;;/h3-4,9,12,15H,2,5-8H2,1H3;2*1H/t12-;;/m1../s1. The summed E-state index contributed by atoms with van der Waals surface area (Å²) in [4.78, 5) is 12.8. The first-order valence-electron chi connectivity index (χ1n) is 6.52. The van der Waals surface area contributed by atoms with Gasteiger partial charge in [0.25, 0.3) is 5.69 Å². The van der Waals surface area contributed by atoms with Crippen LogP contribution in [0.25, 0.3) is 0 Å². The molecular weight excluding hydrogens is 320 g/mol. The van der Waals surface area contributed by atoms with Gasteiger partial charge in [-0.2, -0.15) is 0 Å². The van der Waals surface area contributed by atoms with E-state index in [4.69, 9.17) is 0 Å². The molecule has 0 spiro atoms. The molecule has 21 heavy (non-hydrogen) atoms. The van der Waals surface area contributed by atoms with E-state index in [2.05, 4.69) is 10.2 Å². The van der Waals surface area contributed by atoms with Crippen LogP contribution in [0.1, 0.15) is 24.9 Å². The van der Waals surface area contributed by atoms with Crippen molar-refractivity contribution in [2.75, 3.05) is 26.2 Å². The molecule has 8 heteroatoms. The van der Waals surface area contributed by atoms with Crippen molar-refractivity contribution in [2.45, 2.75) is 19.4 Å². The molecule has 1 saturated heterocycles. The molecule has 1 aliphatic heterocycles. The first-order chi connectivity index (χ1) is 9.13. The van der Waals surface area contributed by atoms with Gasteiger partial charge < -0.3 is 5.32 Å². The Morgan fingerprint density at radius 2 is 2.00 bits per heavy atom. The van der Waals surface area contributed by atoms with Crippen molar-refractivity contribution in [3.05, 3.63) is 39.7 Å². The normalized spacial score (nSPS) is 16.5. The number of nitro benzene ring substituents is 1. The Labute approximate surface area is 135 Å². The molecule has 1 aromatic rings. The summed E-state index contributed by atoms with van der Waals surface area (Å²) in [5, 5.41) is 14.3. The molecule has 0 saturated carbocycles. The molecule has 1 atom stereocenters. The van der Waals surface area contributed by atoms with Gasteiger partial charge in [-0.1, -0.05) is 6.92 Å². The monoisotopic (exact) mass is 339 g/mol. The third kappa shape index (κ3) is 4.78. The lowest BCUT2D eigenvalue weighted by Gasteiger charge is -2.34. The largest absolute Gasteiger partial charge is 0.314 e. The first kappa shape index (κ1) is 20.1. The lowest BCUT2D eigenvalue weighted by Crippen LogP contribution is -2.45. The topological polar surface area (TPSA) is 58.4 Å². The predicted molar refractivity (Wildman–Crippen MR) is 85.0 cm³/mol. The van der Waals surface area contributed by atoms with Crippen molar-refractivity contribution in [3.8, 4) is 0 Å². The Morgan fingerprint density at radius 1 is 1.38 bits per heavy atom. The van der Waals surface area contributed by atoms with Crippen LogP contribution in [0, 0.1) is 15.9 Å². The van der Waals surface area contributed by atoms with E-state index in [-0.39, 0.29) is 36.5 Å². The SMILES string of the molecule is CC[C@H](c1ccc(F)cc1[N+](=O)[O-])N1CCNCC1.Cl.Cl. The van der Waals surface area contributed by atoms with Gasteiger partial charge in [0.15, 0.2) is 0 Å². The van der Waals surface area contributed by atoms with E-state index in [1.54, 1.807) is 6.07 Å². The number of nitro groups is 1. The number of piperazine rings is 1. The highest BCUT2D eigenvalue weighted by atomic mass is 35.5. The van der Waals surface area contributed by atoms with Crippen molar-refractivity contribution < 1.29 is 9.31 Å². The Morgan fingerprint density at radius 3 is 2.52 bits per heavy atom. The van der Waals surface area contributed by atoms with Crippen molar-refractivity contribution >= 4 is 30.5 Å². The zero-order valence-electron chi connectivity index (χ0n) is 11.8. The maximum atomic E-state index is 13.2. The van der Waals surface area contributed by atoms with Crippen LogP contribution in [0.4, 0.5) is 10.1 Å². The molecule has 0 aromatic heterocycles. The molecule has 120 valence electrons. The van der Waals surface area contributed by atoms with Crippen molar-refractivity contribution in [1.29, 1.82) is 0 Å². The van der Waals surface area contributed by atoms with Gasteiger partial charge >= 0.3 is 0 Å². The fraction of sp³-hybridized carbons (Fsp3) is 0.538. The number of benzene rings is 1. The molecule has 1 N–H and O–H groups in total. The van der Waals surface area contributed by atoms with E-state index < -0.39 is 10.7 Å². The summed E-state index contributed by atoms with van der Waals surface area (Å²) in [5.41, 5.74) is 0.487. The van der Waals surface area contributed by atoms with Crippen molar-refractivity contribution in [2.24, 2.45) is 0 Å². The summed E-state index contributed by atoms with van der Waals surface area (Å²) in [6.07, 6.45) is 0.770. The summed E-state index contributed by atoms with van der Waals surface area (Å²) in [5.74, 6) is -0.564. The fourth-order valence-electron chi connectivity index (χ4n) is 2.63. The Hall–Kier alpha value is -0.950. The van der Waals surface area contributed by atoms with Gasteiger partial charge in [0, 0.05) is 37.8 Å². The molecule has 1 aliphatic rings. The van der Waals surface area contributed by atoms with Crippen molar-refractivity contribution in [3.63, 3.8) is 0 Å². The number of hydrogen-bond donors (Lipinski definition) is 1. The molecule has 0 unspecified atom stereocenters. The third-order valence-corrected chi connectivity index (χ3v) is 3.53. The number of nitrogens with zero attached hydrogens (tertiary/aromatic N) is 2.